The molecule has 1 aromatic carbocycles. The van der Waals surface area contributed by atoms with E-state index in [0.717, 1.165) is 0 Å². The summed E-state index contributed by atoms with van der Waals surface area (Å²) in [5.41, 5.74) is 7.74. The molecule has 2 aromatic heterocycles. The molecule has 1 fully saturated rings. The zero-order valence-corrected chi connectivity index (χ0v) is 20.8. The van der Waals surface area contributed by atoms with Gasteiger partial charge in [0.25, 0.3) is 6.43 Å². The van der Waals surface area contributed by atoms with Gasteiger partial charge >= 0.3 is 0 Å². The molecule has 3 aromatic rings. The maximum absolute atomic E-state index is 12.8. The smallest absolute Gasteiger partial charge is 0.263 e. The molecule has 11 nitrogen and oxygen atoms in total. The summed E-state index contributed by atoms with van der Waals surface area (Å²) >= 11 is 0. The van der Waals surface area contributed by atoms with Crippen molar-refractivity contribution in [3.63, 3.8) is 0 Å². The number of nitrogens with two attached hydrogens (primary N) is 2. The molecule has 200 valence electrons. The maximum atomic E-state index is 12.8. The zero-order valence-electron chi connectivity index (χ0n) is 20.8. The van der Waals surface area contributed by atoms with Crippen molar-refractivity contribution in [3.05, 3.63) is 71.8 Å². The fraction of sp³-hybridized carbons (Fsp3) is 0.280. The highest BCUT2D eigenvalue weighted by molar-refractivity contribution is 5.95. The lowest BCUT2D eigenvalue weighted by molar-refractivity contribution is -0.120. The number of nitrogens with one attached hydrogen (secondary N) is 1. The molecular formula is C25H28F2N8O3. The van der Waals surface area contributed by atoms with Crippen LogP contribution in [0.5, 0.6) is 11.6 Å². The number of halogens is 2. The number of anilines is 3. The van der Waals surface area contributed by atoms with Crippen LogP contribution in [0.3, 0.4) is 0 Å². The number of nitrogens with zero attached hydrogens (tertiary/aromatic N) is 5. The van der Waals surface area contributed by atoms with Gasteiger partial charge in [0.1, 0.15) is 6.61 Å². The van der Waals surface area contributed by atoms with E-state index in [9.17, 15) is 13.6 Å². The quantitative estimate of drug-likeness (QED) is 0.266. The highest BCUT2D eigenvalue weighted by atomic mass is 19.3. The first kappa shape index (κ1) is 26.5. The molecular weight excluding hydrogens is 498 g/mol. The summed E-state index contributed by atoms with van der Waals surface area (Å²) < 4.78 is 36.6. The molecule has 4 rings (SSSR count). The third-order valence-corrected chi connectivity index (χ3v) is 5.99. The summed E-state index contributed by atoms with van der Waals surface area (Å²) in [5, 5.41) is 12.4. The van der Waals surface area contributed by atoms with Crippen molar-refractivity contribution < 1.29 is 23.0 Å². The van der Waals surface area contributed by atoms with Crippen LogP contribution < -0.4 is 36.3 Å². The Hall–Kier alpha value is -4.52. The predicted octanol–water partition coefficient (Wildman–Crippen LogP) is 2.84. The Morgan fingerprint density at radius 3 is 2.53 bits per heavy atom. The fourth-order valence-electron chi connectivity index (χ4n) is 3.72. The van der Waals surface area contributed by atoms with Gasteiger partial charge in [-0.1, -0.05) is 12.1 Å². The normalized spacial score (nSPS) is 14.0. The number of rotatable bonds is 10. The van der Waals surface area contributed by atoms with Crippen LogP contribution in [-0.4, -0.2) is 47.9 Å². The summed E-state index contributed by atoms with van der Waals surface area (Å²) in [4.78, 5) is 18.5. The number of benzene rings is 1. The van der Waals surface area contributed by atoms with Gasteiger partial charge in [-0.15, -0.1) is 10.2 Å². The van der Waals surface area contributed by atoms with E-state index >= 15 is 0 Å². The van der Waals surface area contributed by atoms with Gasteiger partial charge in [-0.2, -0.15) is 0 Å². The Kier molecular flexibility index (Phi) is 8.16. The maximum Gasteiger partial charge on any atom is 0.263 e. The molecule has 0 aliphatic carbocycles. The molecule has 1 aliphatic rings. The molecule has 13 heteroatoms. The number of pyridine rings is 1. The second-order valence-electron chi connectivity index (χ2n) is 8.58. The van der Waals surface area contributed by atoms with E-state index in [0.29, 0.717) is 47.4 Å². The predicted molar refractivity (Wildman–Crippen MR) is 138 cm³/mol. The fourth-order valence-corrected chi connectivity index (χ4v) is 3.72. The van der Waals surface area contributed by atoms with Crippen LogP contribution >= 0.6 is 0 Å². The Bertz CT molecular complexity index is 1280. The number of amides is 1. The first-order valence-electron chi connectivity index (χ1n) is 11.6. The Balaban J connectivity index is 1.30. The van der Waals surface area contributed by atoms with Crippen LogP contribution in [0.15, 0.2) is 66.3 Å². The minimum atomic E-state index is -2.57. The van der Waals surface area contributed by atoms with Gasteiger partial charge in [0.15, 0.2) is 11.6 Å². The standard InChI is InChI=1S/C25H28F2N8O3/c1-15(28)20(35(29)18-5-3-16(4-6-18)24(26)27)14-38-23-8-7-22(32-33-23)34-12-17(13-34)25(36)31-19-9-10-30-11-21(19)37-2/h3-11,17,24H,12-14,28-29H2,1-2H3,(H,30,31,36)/b20-15-. The van der Waals surface area contributed by atoms with E-state index in [1.807, 2.05) is 4.90 Å². The van der Waals surface area contributed by atoms with E-state index in [1.165, 1.54) is 42.6 Å². The van der Waals surface area contributed by atoms with Crippen molar-refractivity contribution in [1.29, 1.82) is 0 Å². The lowest BCUT2D eigenvalue weighted by Gasteiger charge is -2.38. The van der Waals surface area contributed by atoms with Crippen molar-refractivity contribution in [3.8, 4) is 11.6 Å². The van der Waals surface area contributed by atoms with Crippen LogP contribution in [0.2, 0.25) is 0 Å². The molecule has 0 atom stereocenters. The van der Waals surface area contributed by atoms with Crippen LogP contribution in [0.1, 0.15) is 18.9 Å². The number of ether oxygens (including phenoxy) is 2. The summed E-state index contributed by atoms with van der Waals surface area (Å²) in [6, 6.07) is 10.6. The average molecular weight is 527 g/mol. The van der Waals surface area contributed by atoms with Crippen molar-refractivity contribution in [2.45, 2.75) is 13.3 Å². The van der Waals surface area contributed by atoms with E-state index in [1.54, 1.807) is 31.3 Å². The van der Waals surface area contributed by atoms with Crippen molar-refractivity contribution >= 4 is 23.1 Å². The third kappa shape index (κ3) is 6.06. The second kappa shape index (κ2) is 11.7. The largest absolute Gasteiger partial charge is 0.493 e. The molecule has 0 radical (unpaired) electrons. The van der Waals surface area contributed by atoms with E-state index in [-0.39, 0.29) is 29.9 Å². The molecule has 3 heterocycles. The summed E-state index contributed by atoms with van der Waals surface area (Å²) in [6.45, 7) is 2.61. The lowest BCUT2D eigenvalue weighted by atomic mass is 9.99. The van der Waals surface area contributed by atoms with Gasteiger partial charge < -0.3 is 25.4 Å². The van der Waals surface area contributed by atoms with E-state index in [2.05, 4.69) is 20.5 Å². The van der Waals surface area contributed by atoms with E-state index in [4.69, 9.17) is 21.1 Å². The number of hydrogen-bond acceptors (Lipinski definition) is 10. The number of aromatic nitrogens is 3. The van der Waals surface area contributed by atoms with Gasteiger partial charge in [-0.25, -0.2) is 14.6 Å². The number of hydrogen-bond donors (Lipinski definition) is 3. The Morgan fingerprint density at radius 2 is 1.92 bits per heavy atom. The first-order chi connectivity index (χ1) is 18.3. The Labute approximate surface area is 218 Å². The van der Waals surface area contributed by atoms with Gasteiger partial charge in [-0.05, 0) is 31.2 Å². The number of carbonyl (C=O) groups is 1. The topological polar surface area (TPSA) is 145 Å². The molecule has 0 spiro atoms. The number of alkyl halides is 2. The number of allylic oxidation sites excluding steroid dienone is 1. The molecule has 1 aliphatic heterocycles. The molecule has 0 bridgehead atoms. The SMILES string of the molecule is COc1cnccc1NC(=O)C1CN(c2ccc(OC/C(=C(\C)N)N(N)c3ccc(C(F)F)cc3)nn2)C1. The third-order valence-electron chi connectivity index (χ3n) is 5.99. The average Bonchev–Trinajstić information content (AvgIpc) is 2.89. The van der Waals surface area contributed by atoms with Crippen LogP contribution in [0.25, 0.3) is 0 Å². The minimum absolute atomic E-state index is 0.0200. The van der Waals surface area contributed by atoms with Crippen molar-refractivity contribution in [2.75, 3.05) is 42.0 Å². The molecule has 5 N–H and O–H groups in total. The van der Waals surface area contributed by atoms with Gasteiger partial charge in [0, 0.05) is 36.6 Å². The summed E-state index contributed by atoms with van der Waals surface area (Å²) in [5.74, 6) is 7.17. The number of hydrazine groups is 1. The highest BCUT2D eigenvalue weighted by Crippen LogP contribution is 2.27. The molecule has 1 saturated heterocycles. The molecule has 38 heavy (non-hydrogen) atoms. The van der Waals surface area contributed by atoms with Crippen LogP contribution in [0, 0.1) is 5.92 Å². The van der Waals surface area contributed by atoms with Gasteiger partial charge in [-0.3, -0.25) is 14.8 Å². The minimum Gasteiger partial charge on any atom is -0.493 e. The summed E-state index contributed by atoms with van der Waals surface area (Å²) in [7, 11) is 1.51. The van der Waals surface area contributed by atoms with Gasteiger partial charge in [0.2, 0.25) is 11.8 Å². The molecule has 0 unspecified atom stereocenters. The number of carbonyl (C=O) groups excluding carboxylic acids is 1. The first-order valence-corrected chi connectivity index (χ1v) is 11.6. The second-order valence-corrected chi connectivity index (χ2v) is 8.58. The lowest BCUT2D eigenvalue weighted by Crippen LogP contribution is -2.52. The van der Waals surface area contributed by atoms with Crippen LogP contribution in [-0.2, 0) is 4.79 Å². The Morgan fingerprint density at radius 1 is 1.18 bits per heavy atom. The molecule has 0 saturated carbocycles. The van der Waals surface area contributed by atoms with Crippen LogP contribution in [0.4, 0.5) is 26.0 Å². The van der Waals surface area contributed by atoms with Crippen molar-refractivity contribution in [2.24, 2.45) is 17.5 Å². The summed E-state index contributed by atoms with van der Waals surface area (Å²) in [6.07, 6.45) is 0.547. The monoisotopic (exact) mass is 526 g/mol. The van der Waals surface area contributed by atoms with Crippen molar-refractivity contribution in [1.82, 2.24) is 15.2 Å². The van der Waals surface area contributed by atoms with Gasteiger partial charge in [0.05, 0.1) is 36.3 Å². The van der Waals surface area contributed by atoms with E-state index < -0.39 is 6.43 Å². The zero-order chi connectivity index (χ0) is 27.2. The molecule has 1 amide bonds. The number of methoxy groups -OCH3 is 1. The highest BCUT2D eigenvalue weighted by Gasteiger charge is 2.34.